The van der Waals surface area contributed by atoms with Crippen molar-refractivity contribution in [2.75, 3.05) is 4.90 Å². The molecule has 0 bridgehead atoms. The fraction of sp³-hybridized carbons (Fsp3) is 0. The van der Waals surface area contributed by atoms with Crippen molar-refractivity contribution >= 4 is 92.7 Å². The van der Waals surface area contributed by atoms with Crippen LogP contribution in [0.15, 0.2) is 243 Å². The molecule has 0 unspecified atom stereocenters. The lowest BCUT2D eigenvalue weighted by Crippen LogP contribution is -2.09. The minimum absolute atomic E-state index is 1.10. The van der Waals surface area contributed by atoms with Crippen LogP contribution in [0.25, 0.3) is 104 Å². The van der Waals surface area contributed by atoms with Crippen LogP contribution in [0.3, 0.4) is 0 Å². The molecule has 1 aromatic heterocycles. The first kappa shape index (κ1) is 36.2. The third-order valence-electron chi connectivity index (χ3n) is 13.3. The molecule has 0 radical (unpaired) electrons. The second-order valence-electron chi connectivity index (χ2n) is 16.9. The first-order chi connectivity index (χ1) is 31.7. The van der Waals surface area contributed by atoms with E-state index in [1.165, 1.54) is 97.9 Å². The molecule has 13 rings (SSSR count). The van der Waals surface area contributed by atoms with Gasteiger partial charge in [-0.15, -0.1) is 0 Å². The van der Waals surface area contributed by atoms with Gasteiger partial charge in [0.05, 0.1) is 11.0 Å². The summed E-state index contributed by atoms with van der Waals surface area (Å²) in [6, 6.07) is 89.1. The van der Waals surface area contributed by atoms with Gasteiger partial charge in [-0.3, -0.25) is 0 Å². The highest BCUT2D eigenvalue weighted by Crippen LogP contribution is 2.42. The Labute approximate surface area is 371 Å². The number of hydrogen-bond acceptors (Lipinski definition) is 1. The Bertz CT molecular complexity index is 3940. The first-order valence-electron chi connectivity index (χ1n) is 22.1. The van der Waals surface area contributed by atoms with Crippen LogP contribution >= 0.6 is 0 Å². The molecule has 0 aliphatic heterocycles. The highest BCUT2D eigenvalue weighted by atomic mass is 15.1. The third-order valence-corrected chi connectivity index (χ3v) is 13.3. The summed E-state index contributed by atoms with van der Waals surface area (Å²) in [6.07, 6.45) is 0. The van der Waals surface area contributed by atoms with Gasteiger partial charge in [0, 0.05) is 38.9 Å². The van der Waals surface area contributed by atoms with E-state index in [1.807, 2.05) is 0 Å². The Balaban J connectivity index is 0.925. The van der Waals surface area contributed by atoms with Gasteiger partial charge in [0.1, 0.15) is 0 Å². The molecule has 0 fully saturated rings. The van der Waals surface area contributed by atoms with Crippen LogP contribution in [0.1, 0.15) is 0 Å². The van der Waals surface area contributed by atoms with Crippen LogP contribution in [0.5, 0.6) is 0 Å². The van der Waals surface area contributed by atoms with Crippen LogP contribution in [0, 0.1) is 0 Å². The molecule has 0 amide bonds. The number of nitrogens with zero attached hydrogens (tertiary/aromatic N) is 2. The Hall–Kier alpha value is -8.46. The SMILES string of the molecule is c1ccc(-n2c3cc(-c4ccc(N(c5ccc(-c6ccc7ccc8ccccc8c7c6)cc5)c5ccc6c(ccc7ccccc76)c5)cc4)ccc3c3ccc4ccccc4c32)cc1. The van der Waals surface area contributed by atoms with Crippen LogP contribution < -0.4 is 4.90 Å². The molecule has 0 atom stereocenters. The Morgan fingerprint density at radius 3 is 1.38 bits per heavy atom. The first-order valence-corrected chi connectivity index (χ1v) is 22.1. The van der Waals surface area contributed by atoms with Gasteiger partial charge in [-0.05, 0) is 131 Å². The van der Waals surface area contributed by atoms with Crippen LogP contribution in [0.4, 0.5) is 17.1 Å². The molecule has 0 aliphatic carbocycles. The predicted octanol–water partition coefficient (Wildman–Crippen LogP) is 17.4. The zero-order valence-electron chi connectivity index (χ0n) is 35.0. The maximum absolute atomic E-state index is 2.44. The Kier molecular flexibility index (Phi) is 8.25. The van der Waals surface area contributed by atoms with Gasteiger partial charge < -0.3 is 9.47 Å². The van der Waals surface area contributed by atoms with Gasteiger partial charge in [-0.1, -0.05) is 182 Å². The predicted molar refractivity (Wildman–Crippen MR) is 274 cm³/mol. The molecule has 0 saturated heterocycles. The van der Waals surface area contributed by atoms with Gasteiger partial charge in [0.25, 0.3) is 0 Å². The number of anilines is 3. The average molecular weight is 813 g/mol. The topological polar surface area (TPSA) is 8.17 Å². The standard InChI is InChI=1S/C62H40N2/c1-2-13-50(14-3-1)64-61-40-48(29-35-58(61)59-36-28-45-12-6-9-17-57(45)62(59)64)42-26-32-52(33-27-42)63(53-34-37-56-49(38-53)23-21-43-10-4-7-15-54(43)56)51-30-24-41(25-31-51)47-22-20-46-19-18-44-11-5-8-16-55(44)60(46)39-47/h1-40H. The van der Waals surface area contributed by atoms with E-state index in [-0.39, 0.29) is 0 Å². The van der Waals surface area contributed by atoms with Crippen molar-refractivity contribution in [2.45, 2.75) is 0 Å². The van der Waals surface area contributed by atoms with Crippen LogP contribution in [-0.2, 0) is 0 Å². The minimum Gasteiger partial charge on any atom is -0.310 e. The van der Waals surface area contributed by atoms with Gasteiger partial charge in [-0.25, -0.2) is 0 Å². The summed E-state index contributed by atoms with van der Waals surface area (Å²) in [5.41, 5.74) is 11.7. The number of rotatable bonds is 6. The summed E-state index contributed by atoms with van der Waals surface area (Å²) >= 11 is 0. The number of benzene rings is 12. The van der Waals surface area contributed by atoms with E-state index >= 15 is 0 Å². The average Bonchev–Trinajstić information content (AvgIpc) is 3.71. The van der Waals surface area contributed by atoms with Gasteiger partial charge in [0.2, 0.25) is 0 Å². The minimum atomic E-state index is 1.10. The van der Waals surface area contributed by atoms with E-state index in [1.54, 1.807) is 0 Å². The van der Waals surface area contributed by atoms with Gasteiger partial charge in [-0.2, -0.15) is 0 Å². The van der Waals surface area contributed by atoms with E-state index in [2.05, 4.69) is 252 Å². The molecule has 12 aromatic carbocycles. The van der Waals surface area contributed by atoms with E-state index in [0.717, 1.165) is 22.7 Å². The normalized spacial score (nSPS) is 11.8. The summed E-state index contributed by atoms with van der Waals surface area (Å²) in [4.78, 5) is 2.39. The van der Waals surface area contributed by atoms with Crippen molar-refractivity contribution in [1.82, 2.24) is 4.57 Å². The maximum Gasteiger partial charge on any atom is 0.0619 e. The molecule has 13 aromatic rings. The summed E-state index contributed by atoms with van der Waals surface area (Å²) in [7, 11) is 0. The quantitative estimate of drug-likeness (QED) is 0.152. The molecule has 0 spiro atoms. The number of aromatic nitrogens is 1. The lowest BCUT2D eigenvalue weighted by molar-refractivity contribution is 1.19. The highest BCUT2D eigenvalue weighted by Gasteiger charge is 2.18. The largest absolute Gasteiger partial charge is 0.310 e. The summed E-state index contributed by atoms with van der Waals surface area (Å²) in [5.74, 6) is 0. The molecular weight excluding hydrogens is 773 g/mol. The fourth-order valence-corrected chi connectivity index (χ4v) is 10.2. The maximum atomic E-state index is 2.44. The molecule has 0 aliphatic rings. The fourth-order valence-electron chi connectivity index (χ4n) is 10.2. The number of fused-ring (bicyclic) bond motifs is 11. The van der Waals surface area contributed by atoms with E-state index in [0.29, 0.717) is 0 Å². The molecule has 0 saturated carbocycles. The summed E-state index contributed by atoms with van der Waals surface area (Å²) < 4.78 is 2.44. The molecular formula is C62H40N2. The second-order valence-corrected chi connectivity index (χ2v) is 16.9. The van der Waals surface area contributed by atoms with Gasteiger partial charge >= 0.3 is 0 Å². The number of hydrogen-bond donors (Lipinski definition) is 0. The van der Waals surface area contributed by atoms with E-state index in [4.69, 9.17) is 0 Å². The lowest BCUT2D eigenvalue weighted by Gasteiger charge is -2.26. The van der Waals surface area contributed by atoms with Crippen molar-refractivity contribution < 1.29 is 0 Å². The molecule has 1 heterocycles. The number of para-hydroxylation sites is 1. The smallest absolute Gasteiger partial charge is 0.0619 e. The van der Waals surface area contributed by atoms with E-state index in [9.17, 15) is 0 Å². The van der Waals surface area contributed by atoms with E-state index < -0.39 is 0 Å². The molecule has 2 heteroatoms. The molecule has 2 nitrogen and oxygen atoms in total. The highest BCUT2D eigenvalue weighted by molar-refractivity contribution is 6.19. The lowest BCUT2D eigenvalue weighted by atomic mass is 9.97. The van der Waals surface area contributed by atoms with Crippen molar-refractivity contribution in [3.8, 4) is 27.9 Å². The summed E-state index contributed by atoms with van der Waals surface area (Å²) in [5, 5.41) is 15.1. The third kappa shape index (κ3) is 5.88. The van der Waals surface area contributed by atoms with Crippen molar-refractivity contribution in [3.05, 3.63) is 243 Å². The van der Waals surface area contributed by atoms with Crippen LogP contribution in [-0.4, -0.2) is 4.57 Å². The van der Waals surface area contributed by atoms with Crippen molar-refractivity contribution in [1.29, 1.82) is 0 Å². The molecule has 298 valence electrons. The Morgan fingerprint density at radius 1 is 0.250 bits per heavy atom. The van der Waals surface area contributed by atoms with Crippen molar-refractivity contribution in [2.24, 2.45) is 0 Å². The van der Waals surface area contributed by atoms with Gasteiger partial charge in [0.15, 0.2) is 0 Å². The van der Waals surface area contributed by atoms with Crippen molar-refractivity contribution in [3.63, 3.8) is 0 Å². The van der Waals surface area contributed by atoms with Crippen LogP contribution in [0.2, 0.25) is 0 Å². The zero-order chi connectivity index (χ0) is 42.1. The second kappa shape index (κ2) is 14.6. The Morgan fingerprint density at radius 2 is 0.688 bits per heavy atom. The monoisotopic (exact) mass is 812 g/mol. The summed E-state index contributed by atoms with van der Waals surface area (Å²) in [6.45, 7) is 0. The zero-order valence-corrected chi connectivity index (χ0v) is 35.0. The molecule has 64 heavy (non-hydrogen) atoms. The molecule has 0 N–H and O–H groups in total.